The van der Waals surface area contributed by atoms with Gasteiger partial charge in [0.1, 0.15) is 18.2 Å². The molecule has 0 saturated carbocycles. The average molecular weight is 307 g/mol. The summed E-state index contributed by atoms with van der Waals surface area (Å²) >= 11 is 0. The molecule has 0 amide bonds. The Kier molecular flexibility index (Phi) is 3.19. The highest BCUT2D eigenvalue weighted by atomic mass is 19.1. The number of nitrogens with zero attached hydrogens (tertiary/aromatic N) is 2. The fourth-order valence-electron chi connectivity index (χ4n) is 2.70. The third kappa shape index (κ3) is 2.40. The summed E-state index contributed by atoms with van der Waals surface area (Å²) in [5, 5.41) is 8.46. The monoisotopic (exact) mass is 307 g/mol. The zero-order chi connectivity index (χ0) is 15.8. The molecule has 4 nitrogen and oxygen atoms in total. The summed E-state index contributed by atoms with van der Waals surface area (Å²) < 4.78 is 19.8. The summed E-state index contributed by atoms with van der Waals surface area (Å²) in [7, 11) is 0. The predicted octanol–water partition coefficient (Wildman–Crippen LogP) is 4.14. The first-order valence-corrected chi connectivity index (χ1v) is 7.31. The number of fused-ring (bicyclic) bond motifs is 2. The fourth-order valence-corrected chi connectivity index (χ4v) is 2.70. The van der Waals surface area contributed by atoms with E-state index in [-0.39, 0.29) is 5.82 Å². The number of ether oxygens (including phenoxy) is 1. The van der Waals surface area contributed by atoms with E-state index >= 15 is 0 Å². The first-order valence-electron chi connectivity index (χ1n) is 7.31. The van der Waals surface area contributed by atoms with Crippen molar-refractivity contribution in [1.82, 2.24) is 15.2 Å². The van der Waals surface area contributed by atoms with E-state index in [9.17, 15) is 4.39 Å². The number of rotatable bonds is 3. The maximum atomic E-state index is 13.8. The molecule has 0 aliphatic carbocycles. The minimum absolute atomic E-state index is 0.271. The predicted molar refractivity (Wildman–Crippen MR) is 86.9 cm³/mol. The number of hydrogen-bond acceptors (Lipinski definition) is 3. The van der Waals surface area contributed by atoms with Gasteiger partial charge in [0.05, 0.1) is 17.2 Å². The third-order valence-electron chi connectivity index (χ3n) is 3.92. The lowest BCUT2D eigenvalue weighted by Crippen LogP contribution is -1.99. The van der Waals surface area contributed by atoms with Crippen LogP contribution >= 0.6 is 0 Å². The van der Waals surface area contributed by atoms with Gasteiger partial charge < -0.3 is 4.74 Å². The Labute approximate surface area is 131 Å². The number of halogens is 1. The molecule has 0 saturated heterocycles. The molecule has 0 bridgehead atoms. The van der Waals surface area contributed by atoms with Crippen LogP contribution in [0.2, 0.25) is 0 Å². The summed E-state index contributed by atoms with van der Waals surface area (Å²) in [6.45, 7) is 2.31. The van der Waals surface area contributed by atoms with Crippen molar-refractivity contribution in [2.24, 2.45) is 0 Å². The second kappa shape index (κ2) is 5.35. The maximum Gasteiger partial charge on any atom is 0.132 e. The Bertz CT molecular complexity index is 1010. The summed E-state index contributed by atoms with van der Waals surface area (Å²) in [6.07, 6.45) is 3.42. The maximum absolute atomic E-state index is 13.8. The standard InChI is InChI=1S/C18H14FN3O/c1-11-7-16-13(9-21-22-16)8-17(11)23-10-12-4-5-15(19)14-3-2-6-20-18(12)14/h2-9H,10H2,1H3,(H,21,22). The molecule has 0 aliphatic rings. The number of benzene rings is 2. The van der Waals surface area contributed by atoms with E-state index < -0.39 is 0 Å². The van der Waals surface area contributed by atoms with Gasteiger partial charge in [-0.3, -0.25) is 10.1 Å². The lowest BCUT2D eigenvalue weighted by atomic mass is 10.1. The van der Waals surface area contributed by atoms with Crippen LogP contribution in [0.3, 0.4) is 0 Å². The van der Waals surface area contributed by atoms with Gasteiger partial charge in [-0.25, -0.2) is 4.39 Å². The summed E-state index contributed by atoms with van der Waals surface area (Å²) in [5.41, 5.74) is 3.48. The van der Waals surface area contributed by atoms with Crippen molar-refractivity contribution in [3.8, 4) is 5.75 Å². The van der Waals surface area contributed by atoms with Crippen LogP contribution in [0.15, 0.2) is 48.8 Å². The zero-order valence-corrected chi connectivity index (χ0v) is 12.5. The fraction of sp³-hybridized carbons (Fsp3) is 0.111. The van der Waals surface area contributed by atoms with Crippen molar-refractivity contribution in [2.45, 2.75) is 13.5 Å². The number of aromatic amines is 1. The number of aryl methyl sites for hydroxylation is 1. The molecule has 0 atom stereocenters. The van der Waals surface area contributed by atoms with E-state index in [1.165, 1.54) is 6.07 Å². The van der Waals surface area contributed by atoms with Crippen LogP contribution in [0.1, 0.15) is 11.1 Å². The van der Waals surface area contributed by atoms with E-state index in [1.807, 2.05) is 19.1 Å². The summed E-state index contributed by atoms with van der Waals surface area (Å²) in [4.78, 5) is 4.28. The highest BCUT2D eigenvalue weighted by Crippen LogP contribution is 2.26. The quantitative estimate of drug-likeness (QED) is 0.619. The van der Waals surface area contributed by atoms with Gasteiger partial charge in [0, 0.05) is 22.5 Å². The van der Waals surface area contributed by atoms with Crippen LogP contribution in [-0.4, -0.2) is 15.2 Å². The third-order valence-corrected chi connectivity index (χ3v) is 3.92. The van der Waals surface area contributed by atoms with Crippen molar-refractivity contribution in [1.29, 1.82) is 0 Å². The van der Waals surface area contributed by atoms with Crippen molar-refractivity contribution in [3.05, 3.63) is 65.7 Å². The molecule has 0 unspecified atom stereocenters. The van der Waals surface area contributed by atoms with E-state index in [2.05, 4.69) is 15.2 Å². The number of pyridine rings is 1. The van der Waals surface area contributed by atoms with E-state index in [1.54, 1.807) is 30.6 Å². The largest absolute Gasteiger partial charge is 0.489 e. The van der Waals surface area contributed by atoms with Crippen molar-refractivity contribution < 1.29 is 9.13 Å². The molecule has 114 valence electrons. The lowest BCUT2D eigenvalue weighted by molar-refractivity contribution is 0.305. The number of nitrogens with one attached hydrogen (secondary N) is 1. The van der Waals surface area contributed by atoms with Gasteiger partial charge in [-0.15, -0.1) is 0 Å². The molecule has 1 N–H and O–H groups in total. The molecule has 2 aromatic heterocycles. The average Bonchev–Trinajstić information content (AvgIpc) is 3.01. The zero-order valence-electron chi connectivity index (χ0n) is 12.5. The Morgan fingerprint density at radius 2 is 2.13 bits per heavy atom. The first-order chi connectivity index (χ1) is 11.2. The molecule has 0 radical (unpaired) electrons. The van der Waals surface area contributed by atoms with Gasteiger partial charge in [-0.2, -0.15) is 5.10 Å². The smallest absolute Gasteiger partial charge is 0.132 e. The number of hydrogen-bond donors (Lipinski definition) is 1. The van der Waals surface area contributed by atoms with Gasteiger partial charge in [0.2, 0.25) is 0 Å². The van der Waals surface area contributed by atoms with Crippen molar-refractivity contribution in [3.63, 3.8) is 0 Å². The molecule has 5 heteroatoms. The first kappa shape index (κ1) is 13.7. The summed E-state index contributed by atoms with van der Waals surface area (Å²) in [6, 6.07) is 10.6. The van der Waals surface area contributed by atoms with Crippen molar-refractivity contribution >= 4 is 21.8 Å². The molecular weight excluding hydrogens is 293 g/mol. The molecular formula is C18H14FN3O. The van der Waals surface area contributed by atoms with Gasteiger partial charge >= 0.3 is 0 Å². The number of H-pyrrole nitrogens is 1. The van der Waals surface area contributed by atoms with Crippen LogP contribution in [0.5, 0.6) is 5.75 Å². The highest BCUT2D eigenvalue weighted by Gasteiger charge is 2.09. The van der Waals surface area contributed by atoms with E-state index in [4.69, 9.17) is 4.74 Å². The van der Waals surface area contributed by atoms with Gasteiger partial charge in [0.15, 0.2) is 0 Å². The molecule has 23 heavy (non-hydrogen) atoms. The second-order valence-corrected chi connectivity index (χ2v) is 5.47. The minimum Gasteiger partial charge on any atom is -0.489 e. The van der Waals surface area contributed by atoms with Crippen molar-refractivity contribution in [2.75, 3.05) is 0 Å². The van der Waals surface area contributed by atoms with Crippen LogP contribution in [-0.2, 0) is 6.61 Å². The lowest BCUT2D eigenvalue weighted by Gasteiger charge is -2.11. The van der Waals surface area contributed by atoms with Gasteiger partial charge in [-0.1, -0.05) is 6.07 Å². The number of aromatic nitrogens is 3. The van der Waals surface area contributed by atoms with Crippen LogP contribution < -0.4 is 4.74 Å². The molecule has 2 aromatic carbocycles. The normalized spacial score (nSPS) is 11.2. The highest BCUT2D eigenvalue weighted by molar-refractivity contribution is 5.82. The van der Waals surface area contributed by atoms with E-state index in [0.717, 1.165) is 27.8 Å². The second-order valence-electron chi connectivity index (χ2n) is 5.47. The molecule has 4 rings (SSSR count). The van der Waals surface area contributed by atoms with Gasteiger partial charge in [0.25, 0.3) is 0 Å². The Hall–Kier alpha value is -2.95. The minimum atomic E-state index is -0.271. The molecule has 0 spiro atoms. The molecule has 0 aliphatic heterocycles. The molecule has 2 heterocycles. The van der Waals surface area contributed by atoms with Crippen LogP contribution in [0, 0.1) is 12.7 Å². The van der Waals surface area contributed by atoms with Crippen LogP contribution in [0.4, 0.5) is 4.39 Å². The SMILES string of the molecule is Cc1cc2[nH]ncc2cc1OCc1ccc(F)c2cccnc12. The molecule has 4 aromatic rings. The molecule has 0 fully saturated rings. The summed E-state index contributed by atoms with van der Waals surface area (Å²) in [5.74, 6) is 0.514. The van der Waals surface area contributed by atoms with Crippen LogP contribution in [0.25, 0.3) is 21.8 Å². The Morgan fingerprint density at radius 3 is 3.04 bits per heavy atom. The Balaban J connectivity index is 1.68. The van der Waals surface area contributed by atoms with Gasteiger partial charge in [-0.05, 0) is 42.8 Å². The van der Waals surface area contributed by atoms with E-state index in [0.29, 0.717) is 17.5 Å². The topological polar surface area (TPSA) is 50.8 Å². The Morgan fingerprint density at radius 1 is 1.22 bits per heavy atom.